The third-order valence-corrected chi connectivity index (χ3v) is 2.91. The van der Waals surface area contributed by atoms with Gasteiger partial charge in [0.15, 0.2) is 0 Å². The van der Waals surface area contributed by atoms with Gasteiger partial charge in [0.1, 0.15) is 5.69 Å². The molecule has 2 fully saturated rings. The van der Waals surface area contributed by atoms with E-state index in [1.165, 1.54) is 31.4 Å². The van der Waals surface area contributed by atoms with Crippen LogP contribution in [0.4, 0.5) is 0 Å². The molecule has 4 nitrogen and oxygen atoms in total. The Morgan fingerprint density at radius 3 is 2.64 bits per heavy atom. The van der Waals surface area contributed by atoms with Crippen LogP contribution < -0.4 is 5.73 Å². The average molecular weight is 191 g/mol. The Morgan fingerprint density at radius 1 is 1.43 bits per heavy atom. The van der Waals surface area contributed by atoms with Gasteiger partial charge in [-0.1, -0.05) is 0 Å². The molecule has 2 N–H and O–H groups in total. The molecule has 0 aromatic carbocycles. The summed E-state index contributed by atoms with van der Waals surface area (Å²) >= 11 is 0. The van der Waals surface area contributed by atoms with Gasteiger partial charge in [0, 0.05) is 11.6 Å². The van der Waals surface area contributed by atoms with Gasteiger partial charge in [0.05, 0.1) is 6.04 Å². The van der Waals surface area contributed by atoms with Crippen molar-refractivity contribution in [1.82, 2.24) is 9.78 Å². The number of primary amides is 1. The van der Waals surface area contributed by atoms with Gasteiger partial charge in [0.2, 0.25) is 0 Å². The second kappa shape index (κ2) is 2.59. The maximum absolute atomic E-state index is 11.0. The third kappa shape index (κ3) is 1.22. The number of nitrogens with zero attached hydrogens (tertiary/aromatic N) is 2. The predicted octanol–water partition coefficient (Wildman–Crippen LogP) is 1.19. The van der Waals surface area contributed by atoms with Crippen LogP contribution in [0.1, 0.15) is 53.8 Å². The summed E-state index contributed by atoms with van der Waals surface area (Å²) in [7, 11) is 0. The Balaban J connectivity index is 2.01. The topological polar surface area (TPSA) is 60.9 Å². The minimum Gasteiger partial charge on any atom is -0.364 e. The molecule has 2 aliphatic rings. The molecule has 3 rings (SSSR count). The molecule has 2 saturated carbocycles. The zero-order chi connectivity index (χ0) is 9.71. The summed E-state index contributed by atoms with van der Waals surface area (Å²) in [6.45, 7) is 0. The largest absolute Gasteiger partial charge is 0.364 e. The lowest BCUT2D eigenvalue weighted by molar-refractivity contribution is 0.0995. The molecule has 0 spiro atoms. The van der Waals surface area contributed by atoms with E-state index in [-0.39, 0.29) is 0 Å². The first kappa shape index (κ1) is 8.03. The predicted molar refractivity (Wildman–Crippen MR) is 51.0 cm³/mol. The number of aromatic nitrogens is 2. The SMILES string of the molecule is NC(=O)c1cc(C2CC2)n(C2CC2)n1. The number of carbonyl (C=O) groups is 1. The monoisotopic (exact) mass is 191 g/mol. The summed E-state index contributed by atoms with van der Waals surface area (Å²) in [6.07, 6.45) is 4.85. The lowest BCUT2D eigenvalue weighted by Crippen LogP contribution is -2.12. The molecule has 0 atom stereocenters. The van der Waals surface area contributed by atoms with E-state index in [1.54, 1.807) is 0 Å². The number of rotatable bonds is 3. The molecule has 14 heavy (non-hydrogen) atoms. The zero-order valence-corrected chi connectivity index (χ0v) is 7.94. The molecule has 0 aliphatic heterocycles. The summed E-state index contributed by atoms with van der Waals surface area (Å²) < 4.78 is 2.03. The minimum absolute atomic E-state index is 0.411. The van der Waals surface area contributed by atoms with E-state index in [1.807, 2.05) is 10.7 Å². The van der Waals surface area contributed by atoms with Crippen molar-refractivity contribution in [3.63, 3.8) is 0 Å². The summed E-state index contributed by atoms with van der Waals surface area (Å²) in [6, 6.07) is 2.41. The number of nitrogens with two attached hydrogens (primary N) is 1. The second-order valence-corrected chi connectivity index (χ2v) is 4.27. The molecule has 1 aromatic rings. The van der Waals surface area contributed by atoms with Crippen molar-refractivity contribution in [1.29, 1.82) is 0 Å². The van der Waals surface area contributed by atoms with Crippen LogP contribution >= 0.6 is 0 Å². The molecule has 0 saturated heterocycles. The van der Waals surface area contributed by atoms with Crippen molar-refractivity contribution in [3.8, 4) is 0 Å². The van der Waals surface area contributed by atoms with Gasteiger partial charge in [-0.25, -0.2) is 0 Å². The Bertz CT molecular complexity index is 359. The standard InChI is InChI=1S/C10H13N3O/c11-10(14)8-5-9(6-1-2-6)13(12-8)7-3-4-7/h5-7H,1-4H2,(H2,11,14). The first-order chi connectivity index (χ1) is 6.75. The number of hydrogen-bond acceptors (Lipinski definition) is 2. The third-order valence-electron chi connectivity index (χ3n) is 2.91. The van der Waals surface area contributed by atoms with Gasteiger partial charge in [-0.15, -0.1) is 0 Å². The first-order valence-electron chi connectivity index (χ1n) is 5.15. The minimum atomic E-state index is -0.411. The van der Waals surface area contributed by atoms with E-state index >= 15 is 0 Å². The van der Waals surface area contributed by atoms with Crippen LogP contribution in [0.5, 0.6) is 0 Å². The fraction of sp³-hybridized carbons (Fsp3) is 0.600. The summed E-state index contributed by atoms with van der Waals surface area (Å²) in [5, 5.41) is 4.28. The maximum atomic E-state index is 11.0. The maximum Gasteiger partial charge on any atom is 0.269 e. The molecule has 1 heterocycles. The molecular formula is C10H13N3O. The lowest BCUT2D eigenvalue weighted by atomic mass is 10.2. The second-order valence-electron chi connectivity index (χ2n) is 4.27. The van der Waals surface area contributed by atoms with E-state index in [9.17, 15) is 4.79 Å². The molecule has 74 valence electrons. The van der Waals surface area contributed by atoms with Gasteiger partial charge < -0.3 is 5.73 Å². The lowest BCUT2D eigenvalue weighted by Gasteiger charge is -2.02. The summed E-state index contributed by atoms with van der Waals surface area (Å²) in [5.74, 6) is 0.225. The fourth-order valence-electron chi connectivity index (χ4n) is 1.82. The van der Waals surface area contributed by atoms with Gasteiger partial charge in [-0.3, -0.25) is 9.48 Å². The molecule has 4 heteroatoms. The Morgan fingerprint density at radius 2 is 2.14 bits per heavy atom. The molecule has 0 unspecified atom stereocenters. The van der Waals surface area contributed by atoms with Crippen molar-refractivity contribution in [2.24, 2.45) is 5.73 Å². The van der Waals surface area contributed by atoms with Crippen molar-refractivity contribution in [3.05, 3.63) is 17.5 Å². The van der Waals surface area contributed by atoms with Crippen LogP contribution in [0.15, 0.2) is 6.07 Å². The Hall–Kier alpha value is -1.32. The molecule has 2 aliphatic carbocycles. The molecular weight excluding hydrogens is 178 g/mol. The highest BCUT2D eigenvalue weighted by Crippen LogP contribution is 2.44. The summed E-state index contributed by atoms with van der Waals surface area (Å²) in [4.78, 5) is 11.0. The van der Waals surface area contributed by atoms with Crippen LogP contribution in [0.25, 0.3) is 0 Å². The first-order valence-corrected chi connectivity index (χ1v) is 5.15. The van der Waals surface area contributed by atoms with Crippen LogP contribution in [-0.2, 0) is 0 Å². The molecule has 1 aromatic heterocycles. The summed E-state index contributed by atoms with van der Waals surface area (Å²) in [5.41, 5.74) is 6.88. The van der Waals surface area contributed by atoms with Crippen molar-refractivity contribution < 1.29 is 4.79 Å². The highest BCUT2D eigenvalue weighted by molar-refractivity contribution is 5.90. The van der Waals surface area contributed by atoms with Gasteiger partial charge in [0.25, 0.3) is 5.91 Å². The van der Waals surface area contributed by atoms with E-state index in [2.05, 4.69) is 5.10 Å². The van der Waals surface area contributed by atoms with Crippen LogP contribution in [0.3, 0.4) is 0 Å². The number of amides is 1. The van der Waals surface area contributed by atoms with E-state index < -0.39 is 5.91 Å². The van der Waals surface area contributed by atoms with Crippen LogP contribution in [0.2, 0.25) is 0 Å². The van der Waals surface area contributed by atoms with E-state index in [0.717, 1.165) is 0 Å². The normalized spacial score (nSPS) is 21.1. The fourth-order valence-corrected chi connectivity index (χ4v) is 1.82. The van der Waals surface area contributed by atoms with Crippen LogP contribution in [-0.4, -0.2) is 15.7 Å². The van der Waals surface area contributed by atoms with Crippen LogP contribution in [0, 0.1) is 0 Å². The van der Waals surface area contributed by atoms with Crippen molar-refractivity contribution in [2.75, 3.05) is 0 Å². The number of hydrogen-bond donors (Lipinski definition) is 1. The van der Waals surface area contributed by atoms with Gasteiger partial charge >= 0.3 is 0 Å². The molecule has 1 amide bonds. The van der Waals surface area contributed by atoms with Gasteiger partial charge in [-0.05, 0) is 31.7 Å². The molecule has 0 bridgehead atoms. The quantitative estimate of drug-likeness (QED) is 0.780. The Kier molecular flexibility index (Phi) is 1.48. The number of carbonyl (C=O) groups excluding carboxylic acids is 1. The average Bonchev–Trinajstić information content (AvgIpc) is 3.03. The highest BCUT2D eigenvalue weighted by Gasteiger charge is 2.34. The Labute approximate surface area is 82.1 Å². The van der Waals surface area contributed by atoms with E-state index in [4.69, 9.17) is 5.73 Å². The molecule has 0 radical (unpaired) electrons. The van der Waals surface area contributed by atoms with E-state index in [0.29, 0.717) is 17.7 Å². The highest BCUT2D eigenvalue weighted by atomic mass is 16.1. The van der Waals surface area contributed by atoms with Crippen molar-refractivity contribution >= 4 is 5.91 Å². The van der Waals surface area contributed by atoms with Crippen molar-refractivity contribution in [2.45, 2.75) is 37.6 Å². The van der Waals surface area contributed by atoms with Gasteiger partial charge in [-0.2, -0.15) is 5.10 Å². The smallest absolute Gasteiger partial charge is 0.269 e. The zero-order valence-electron chi connectivity index (χ0n) is 7.94.